The third-order valence-electron chi connectivity index (χ3n) is 3.30. The minimum Gasteiger partial charge on any atom is -0.284 e. The molecule has 8 heteroatoms. The van der Waals surface area contributed by atoms with E-state index >= 15 is 0 Å². The van der Waals surface area contributed by atoms with E-state index in [4.69, 9.17) is 0 Å². The van der Waals surface area contributed by atoms with Crippen LogP contribution in [-0.4, -0.2) is 41.0 Å². The fraction of sp³-hybridized carbons (Fsp3) is 0.455. The van der Waals surface area contributed by atoms with Crippen molar-refractivity contribution >= 4 is 21.4 Å². The van der Waals surface area contributed by atoms with Crippen molar-refractivity contribution in [2.24, 2.45) is 0 Å². The Morgan fingerprint density at radius 1 is 1.47 bits per heavy atom. The molecule has 3 heterocycles. The third kappa shape index (κ3) is 2.43. The second-order valence-electron chi connectivity index (χ2n) is 4.51. The van der Waals surface area contributed by atoms with Crippen LogP contribution in [0.1, 0.15) is 23.8 Å². The summed E-state index contributed by atoms with van der Waals surface area (Å²) in [6.07, 6.45) is 6.39. The van der Waals surface area contributed by atoms with Crippen molar-refractivity contribution in [2.75, 3.05) is 13.1 Å². The van der Waals surface area contributed by atoms with E-state index in [-0.39, 0.29) is 10.8 Å². The summed E-state index contributed by atoms with van der Waals surface area (Å²) in [5.74, 6) is 0.204. The molecule has 102 valence electrons. The van der Waals surface area contributed by atoms with Gasteiger partial charge in [-0.15, -0.1) is 11.3 Å². The highest BCUT2D eigenvalue weighted by Gasteiger charge is 2.32. The summed E-state index contributed by atoms with van der Waals surface area (Å²) < 4.78 is 26.4. The highest BCUT2D eigenvalue weighted by Crippen LogP contribution is 2.30. The number of H-pyrrole nitrogens is 1. The fourth-order valence-electron chi connectivity index (χ4n) is 2.33. The quantitative estimate of drug-likeness (QED) is 0.930. The van der Waals surface area contributed by atoms with Gasteiger partial charge in [-0.3, -0.25) is 5.10 Å². The van der Waals surface area contributed by atoms with E-state index in [1.165, 1.54) is 16.7 Å². The molecule has 1 N–H and O–H groups in total. The molecule has 0 spiro atoms. The smallest absolute Gasteiger partial charge is 0.246 e. The molecule has 1 aliphatic heterocycles. The number of nitrogens with one attached hydrogen (secondary N) is 1. The Hall–Kier alpha value is -1.25. The Labute approximate surface area is 115 Å². The van der Waals surface area contributed by atoms with E-state index in [1.807, 2.05) is 5.38 Å². The van der Waals surface area contributed by atoms with Crippen molar-refractivity contribution in [3.63, 3.8) is 0 Å². The lowest BCUT2D eigenvalue weighted by molar-refractivity contribution is 0.315. The SMILES string of the molecule is O=S(=O)(c1cn[nH]c1)N1CCC[C@H](c2nccs2)C1. The topological polar surface area (TPSA) is 79.0 Å². The van der Waals surface area contributed by atoms with Gasteiger partial charge in [0.1, 0.15) is 4.90 Å². The molecule has 19 heavy (non-hydrogen) atoms. The van der Waals surface area contributed by atoms with Gasteiger partial charge in [-0.25, -0.2) is 13.4 Å². The molecular formula is C11H14N4O2S2. The van der Waals surface area contributed by atoms with Gasteiger partial charge in [0.25, 0.3) is 0 Å². The van der Waals surface area contributed by atoms with Gasteiger partial charge in [0.15, 0.2) is 0 Å². The van der Waals surface area contributed by atoms with E-state index in [9.17, 15) is 8.42 Å². The van der Waals surface area contributed by atoms with Crippen molar-refractivity contribution in [2.45, 2.75) is 23.7 Å². The van der Waals surface area contributed by atoms with Crippen molar-refractivity contribution in [3.05, 3.63) is 29.0 Å². The first-order valence-corrected chi connectivity index (χ1v) is 8.38. The van der Waals surface area contributed by atoms with Gasteiger partial charge in [-0.05, 0) is 12.8 Å². The van der Waals surface area contributed by atoms with Crippen LogP contribution >= 0.6 is 11.3 Å². The number of piperidine rings is 1. The first-order valence-electron chi connectivity index (χ1n) is 6.06. The molecule has 0 aromatic carbocycles. The summed E-state index contributed by atoms with van der Waals surface area (Å²) in [6, 6.07) is 0. The number of sulfonamides is 1. The monoisotopic (exact) mass is 298 g/mol. The normalized spacial score (nSPS) is 21.6. The zero-order chi connectivity index (χ0) is 13.3. The van der Waals surface area contributed by atoms with Crippen LogP contribution in [0.3, 0.4) is 0 Å². The number of thiazole rings is 1. The molecule has 2 aromatic heterocycles. The molecule has 1 fully saturated rings. The maximum Gasteiger partial charge on any atom is 0.246 e. The van der Waals surface area contributed by atoms with E-state index in [1.54, 1.807) is 17.5 Å². The highest BCUT2D eigenvalue weighted by atomic mass is 32.2. The van der Waals surface area contributed by atoms with Crippen LogP contribution in [0.2, 0.25) is 0 Å². The van der Waals surface area contributed by atoms with Gasteiger partial charge in [0, 0.05) is 36.8 Å². The number of aromatic amines is 1. The first-order chi connectivity index (χ1) is 9.18. The number of aromatic nitrogens is 3. The Morgan fingerprint density at radius 3 is 3.05 bits per heavy atom. The second-order valence-corrected chi connectivity index (χ2v) is 7.37. The number of hydrogen-bond donors (Lipinski definition) is 1. The van der Waals surface area contributed by atoms with Gasteiger partial charge in [0.05, 0.1) is 11.2 Å². The maximum atomic E-state index is 12.4. The molecule has 1 aliphatic rings. The van der Waals surface area contributed by atoms with Gasteiger partial charge in [-0.1, -0.05) is 0 Å². The summed E-state index contributed by atoms with van der Waals surface area (Å²) in [6.45, 7) is 1.07. The lowest BCUT2D eigenvalue weighted by Crippen LogP contribution is -2.38. The number of hydrogen-bond acceptors (Lipinski definition) is 5. The Morgan fingerprint density at radius 2 is 2.37 bits per heavy atom. The average molecular weight is 298 g/mol. The first kappa shape index (κ1) is 12.8. The summed E-state index contributed by atoms with van der Waals surface area (Å²) >= 11 is 1.59. The van der Waals surface area contributed by atoms with Gasteiger partial charge < -0.3 is 0 Å². The number of rotatable bonds is 3. The average Bonchev–Trinajstić information content (AvgIpc) is 3.12. The molecule has 0 aliphatic carbocycles. The maximum absolute atomic E-state index is 12.4. The molecule has 0 radical (unpaired) electrons. The van der Waals surface area contributed by atoms with Crippen LogP contribution in [0.25, 0.3) is 0 Å². The molecule has 2 aromatic rings. The minimum absolute atomic E-state index is 0.204. The largest absolute Gasteiger partial charge is 0.284 e. The minimum atomic E-state index is -3.43. The summed E-state index contributed by atoms with van der Waals surface area (Å²) in [7, 11) is -3.43. The van der Waals surface area contributed by atoms with Gasteiger partial charge in [0.2, 0.25) is 10.0 Å². The summed E-state index contributed by atoms with van der Waals surface area (Å²) in [5.41, 5.74) is 0. The van der Waals surface area contributed by atoms with Crippen LogP contribution in [0.5, 0.6) is 0 Å². The molecule has 0 unspecified atom stereocenters. The van der Waals surface area contributed by atoms with Crippen molar-refractivity contribution in [1.82, 2.24) is 19.5 Å². The molecule has 0 saturated carbocycles. The zero-order valence-corrected chi connectivity index (χ0v) is 11.8. The van der Waals surface area contributed by atoms with Crippen LogP contribution in [0, 0.1) is 0 Å². The molecule has 1 atom stereocenters. The zero-order valence-electron chi connectivity index (χ0n) is 10.2. The Balaban J connectivity index is 1.82. The molecule has 0 amide bonds. The van der Waals surface area contributed by atoms with Crippen molar-refractivity contribution < 1.29 is 8.42 Å². The molecule has 6 nitrogen and oxygen atoms in total. The molecule has 3 rings (SSSR count). The third-order valence-corrected chi connectivity index (χ3v) is 6.06. The van der Waals surface area contributed by atoms with E-state index in [0.717, 1.165) is 17.8 Å². The van der Waals surface area contributed by atoms with E-state index in [2.05, 4.69) is 15.2 Å². The van der Waals surface area contributed by atoms with Crippen molar-refractivity contribution in [1.29, 1.82) is 0 Å². The molecular weight excluding hydrogens is 284 g/mol. The second kappa shape index (κ2) is 5.03. The lowest BCUT2D eigenvalue weighted by Gasteiger charge is -2.30. The molecule has 1 saturated heterocycles. The highest BCUT2D eigenvalue weighted by molar-refractivity contribution is 7.89. The standard InChI is InChI=1S/C11H14N4O2S2/c16-19(17,10-6-13-14-7-10)15-4-1-2-9(8-15)11-12-3-5-18-11/h3,5-7,9H,1-2,4,8H2,(H,13,14)/t9-/m0/s1. The van der Waals surface area contributed by atoms with E-state index in [0.29, 0.717) is 13.1 Å². The van der Waals surface area contributed by atoms with Gasteiger partial charge >= 0.3 is 0 Å². The Bertz CT molecular complexity index is 622. The lowest BCUT2D eigenvalue weighted by atomic mass is 10.0. The summed E-state index contributed by atoms with van der Waals surface area (Å²) in [5, 5.41) is 9.21. The Kier molecular flexibility index (Phi) is 3.38. The van der Waals surface area contributed by atoms with E-state index < -0.39 is 10.0 Å². The summed E-state index contributed by atoms with van der Waals surface area (Å²) in [4.78, 5) is 4.53. The number of nitrogens with zero attached hydrogens (tertiary/aromatic N) is 3. The molecule has 0 bridgehead atoms. The van der Waals surface area contributed by atoms with Crippen molar-refractivity contribution in [3.8, 4) is 0 Å². The van der Waals surface area contributed by atoms with Crippen LogP contribution in [0.4, 0.5) is 0 Å². The van der Waals surface area contributed by atoms with Crippen LogP contribution in [0.15, 0.2) is 28.9 Å². The fourth-order valence-corrected chi connectivity index (χ4v) is 4.53. The van der Waals surface area contributed by atoms with Crippen LogP contribution < -0.4 is 0 Å². The van der Waals surface area contributed by atoms with Crippen LogP contribution in [-0.2, 0) is 10.0 Å². The van der Waals surface area contributed by atoms with Gasteiger partial charge in [-0.2, -0.15) is 9.40 Å². The predicted octanol–water partition coefficient (Wildman–Crippen LogP) is 1.43. The predicted molar refractivity (Wildman–Crippen MR) is 71.4 cm³/mol.